The molecule has 5 aromatic rings. The molecule has 2 heterocycles. The van der Waals surface area contributed by atoms with Crippen LogP contribution in [-0.2, 0) is 31.3 Å². The number of aromatic nitrogens is 1. The number of fused-ring (bicyclic) bond motifs is 6. The van der Waals surface area contributed by atoms with Crippen molar-refractivity contribution in [2.45, 2.75) is 50.8 Å². The van der Waals surface area contributed by atoms with Crippen LogP contribution < -0.4 is 0 Å². The third-order valence-electron chi connectivity index (χ3n) is 6.76. The van der Waals surface area contributed by atoms with E-state index in [4.69, 9.17) is 10.1 Å². The summed E-state index contributed by atoms with van der Waals surface area (Å²) in [7, 11) is 0. The zero-order valence-electron chi connectivity index (χ0n) is 24.5. The summed E-state index contributed by atoms with van der Waals surface area (Å²) < 4.78 is 0. The van der Waals surface area contributed by atoms with Crippen LogP contribution in [0.25, 0.3) is 44.4 Å². The Morgan fingerprint density at radius 1 is 0.857 bits per heavy atom. The van der Waals surface area contributed by atoms with Crippen molar-refractivity contribution in [2.75, 3.05) is 0 Å². The minimum absolute atomic E-state index is 0. The molecule has 6 rings (SSSR count). The Bertz CT molecular complexity index is 1780. The molecule has 0 atom stereocenters. The SMILES string of the molecule is CC(=O)/C=C(/C)O.CC(C)(C)Cc1cccc2nc(-c3[c-]cc4c(c3)Sc3ccccc3-c3ccccc3-4)ccc12.[Ir]. The number of carbonyl (C=O) groups is 1. The Labute approximate surface area is 266 Å². The summed E-state index contributed by atoms with van der Waals surface area (Å²) in [5, 5.41) is 9.61. The average Bonchev–Trinajstić information content (AvgIpc) is 3.06. The quantitative estimate of drug-likeness (QED) is 0.111. The van der Waals surface area contributed by atoms with E-state index < -0.39 is 0 Å². The number of ketones is 1. The van der Waals surface area contributed by atoms with Crippen molar-refractivity contribution in [3.8, 4) is 33.5 Å². The molecule has 0 saturated carbocycles. The number of hydrogen-bond acceptors (Lipinski definition) is 4. The van der Waals surface area contributed by atoms with Gasteiger partial charge in [0, 0.05) is 36.5 Å². The zero-order valence-corrected chi connectivity index (χ0v) is 27.7. The Kier molecular flexibility index (Phi) is 9.89. The van der Waals surface area contributed by atoms with E-state index >= 15 is 0 Å². The second-order valence-corrected chi connectivity index (χ2v) is 12.7. The van der Waals surface area contributed by atoms with Crippen LogP contribution in [0.5, 0.6) is 0 Å². The van der Waals surface area contributed by atoms with Gasteiger partial charge in [0.15, 0.2) is 5.78 Å². The molecule has 0 saturated heterocycles. The van der Waals surface area contributed by atoms with Gasteiger partial charge >= 0.3 is 0 Å². The van der Waals surface area contributed by atoms with Gasteiger partial charge in [-0.15, -0.1) is 35.5 Å². The second kappa shape index (κ2) is 13.2. The average molecular weight is 749 g/mol. The molecule has 1 aromatic heterocycles. The Hall–Kier alpha value is -3.50. The van der Waals surface area contributed by atoms with Gasteiger partial charge in [-0.05, 0) is 60.2 Å². The molecule has 0 unspecified atom stereocenters. The molecule has 0 aliphatic carbocycles. The topological polar surface area (TPSA) is 50.2 Å². The second-order valence-electron chi connectivity index (χ2n) is 11.6. The van der Waals surface area contributed by atoms with E-state index in [2.05, 4.69) is 118 Å². The van der Waals surface area contributed by atoms with Crippen molar-refractivity contribution in [2.24, 2.45) is 5.41 Å². The van der Waals surface area contributed by atoms with Crippen molar-refractivity contribution in [3.05, 3.63) is 114 Å². The van der Waals surface area contributed by atoms with Crippen molar-refractivity contribution >= 4 is 28.4 Å². The molecule has 0 bridgehead atoms. The standard InChI is InChI=1S/C32H26NS.C5H8O2.Ir/c1-32(2,3)20-22-9-8-13-29-23(22)17-18-28(33-29)21-15-16-27-25-11-5-4-10-24(25)26-12-6-7-14-30(26)34-31(27)19-21;1-4(6)3-5(2)7;/h4-14,16-19H,20H2,1-3H3;3,6H,1-2H3;/q-1;;/b;4-3-;. The molecule has 215 valence electrons. The molecule has 0 fully saturated rings. The van der Waals surface area contributed by atoms with Crippen molar-refractivity contribution in [1.29, 1.82) is 0 Å². The third kappa shape index (κ3) is 7.28. The van der Waals surface area contributed by atoms with Gasteiger partial charge < -0.3 is 5.11 Å². The maximum Gasteiger partial charge on any atom is 0.155 e. The van der Waals surface area contributed by atoms with Crippen LogP contribution in [0.3, 0.4) is 0 Å². The van der Waals surface area contributed by atoms with E-state index in [0.29, 0.717) is 0 Å². The van der Waals surface area contributed by atoms with Gasteiger partial charge in [0.1, 0.15) is 0 Å². The summed E-state index contributed by atoms with van der Waals surface area (Å²) in [6.07, 6.45) is 2.20. The summed E-state index contributed by atoms with van der Waals surface area (Å²) in [6.45, 7) is 9.70. The number of aliphatic hydroxyl groups is 1. The number of nitrogens with zero attached hydrogens (tertiary/aromatic N) is 1. The zero-order chi connectivity index (χ0) is 29.1. The number of pyridine rings is 1. The molecule has 4 aromatic carbocycles. The fourth-order valence-electron chi connectivity index (χ4n) is 5.15. The Morgan fingerprint density at radius 2 is 1.52 bits per heavy atom. The van der Waals surface area contributed by atoms with Gasteiger partial charge in [0.2, 0.25) is 0 Å². The van der Waals surface area contributed by atoms with Gasteiger partial charge in [-0.2, -0.15) is 0 Å². The summed E-state index contributed by atoms with van der Waals surface area (Å²) >= 11 is 1.83. The van der Waals surface area contributed by atoms with E-state index in [1.807, 2.05) is 11.8 Å². The maximum absolute atomic E-state index is 10.0. The van der Waals surface area contributed by atoms with Gasteiger partial charge in [0.05, 0.1) is 11.3 Å². The van der Waals surface area contributed by atoms with E-state index in [1.165, 1.54) is 62.9 Å². The smallest absolute Gasteiger partial charge is 0.155 e. The molecule has 1 aliphatic rings. The third-order valence-corrected chi connectivity index (χ3v) is 7.89. The van der Waals surface area contributed by atoms with Crippen LogP contribution in [0.1, 0.15) is 40.2 Å². The Balaban J connectivity index is 0.000000454. The molecule has 1 aliphatic heterocycles. The molecule has 3 nitrogen and oxygen atoms in total. The van der Waals surface area contributed by atoms with E-state index in [0.717, 1.165) is 23.2 Å². The fraction of sp³-hybridized carbons (Fsp3) is 0.189. The van der Waals surface area contributed by atoms with Gasteiger partial charge in [-0.1, -0.05) is 104 Å². The molecule has 42 heavy (non-hydrogen) atoms. The van der Waals surface area contributed by atoms with Gasteiger partial charge in [-0.25, -0.2) is 0 Å². The minimum atomic E-state index is -0.125. The van der Waals surface area contributed by atoms with Crippen LogP contribution in [0.2, 0.25) is 0 Å². The molecule has 5 heteroatoms. The number of rotatable bonds is 3. The van der Waals surface area contributed by atoms with Crippen LogP contribution >= 0.6 is 11.8 Å². The van der Waals surface area contributed by atoms with Gasteiger partial charge in [-0.3, -0.25) is 9.78 Å². The van der Waals surface area contributed by atoms with E-state index in [-0.39, 0.29) is 37.1 Å². The summed E-state index contributed by atoms with van der Waals surface area (Å²) in [4.78, 5) is 17.6. The first-order valence-electron chi connectivity index (χ1n) is 13.8. The molecule has 0 spiro atoms. The number of carbonyl (C=O) groups excluding carboxylic acids is 1. The minimum Gasteiger partial charge on any atom is -0.512 e. The molecule has 1 N–H and O–H groups in total. The predicted octanol–water partition coefficient (Wildman–Crippen LogP) is 10.1. The summed E-state index contributed by atoms with van der Waals surface area (Å²) in [6, 6.07) is 36.2. The molecular formula is C37H34IrNO2S-. The fourth-order valence-corrected chi connectivity index (χ4v) is 6.28. The predicted molar refractivity (Wildman–Crippen MR) is 171 cm³/mol. The van der Waals surface area contributed by atoms with Crippen molar-refractivity contribution in [1.82, 2.24) is 4.98 Å². The van der Waals surface area contributed by atoms with Crippen LogP contribution in [0.4, 0.5) is 0 Å². The molecular weight excluding hydrogens is 715 g/mol. The van der Waals surface area contributed by atoms with Crippen molar-refractivity contribution < 1.29 is 30.0 Å². The van der Waals surface area contributed by atoms with Crippen LogP contribution in [0.15, 0.2) is 113 Å². The van der Waals surface area contributed by atoms with Crippen LogP contribution in [0, 0.1) is 11.5 Å². The van der Waals surface area contributed by atoms with Gasteiger partial charge in [0.25, 0.3) is 0 Å². The monoisotopic (exact) mass is 749 g/mol. The number of aliphatic hydroxyl groups excluding tert-OH is 1. The van der Waals surface area contributed by atoms with E-state index in [9.17, 15) is 4.79 Å². The largest absolute Gasteiger partial charge is 0.512 e. The first kappa shape index (κ1) is 31.4. The number of hydrogen-bond donors (Lipinski definition) is 1. The number of benzene rings is 4. The first-order chi connectivity index (χ1) is 19.6. The maximum atomic E-state index is 10.0. The Morgan fingerprint density at radius 3 is 2.17 bits per heavy atom. The number of allylic oxidation sites excluding steroid dienone is 2. The first-order valence-corrected chi connectivity index (χ1v) is 14.6. The van der Waals surface area contributed by atoms with Crippen LogP contribution in [-0.4, -0.2) is 15.9 Å². The van der Waals surface area contributed by atoms with Crippen molar-refractivity contribution in [3.63, 3.8) is 0 Å². The molecule has 1 radical (unpaired) electrons. The normalized spacial score (nSPS) is 12.1. The summed E-state index contributed by atoms with van der Waals surface area (Å²) in [5.74, 6) is -0.0625. The van der Waals surface area contributed by atoms with E-state index in [1.54, 1.807) is 0 Å². The molecule has 0 amide bonds. The summed E-state index contributed by atoms with van der Waals surface area (Å²) in [5.41, 5.74) is 9.70.